The number of fused-ring (bicyclic) bond motifs is 1. The number of hydrogen-bond donors (Lipinski definition) is 0. The van der Waals surface area contributed by atoms with E-state index < -0.39 is 12.7 Å². The minimum atomic E-state index is -0.527. The summed E-state index contributed by atoms with van der Waals surface area (Å²) >= 11 is 0. The molecule has 0 aliphatic carbocycles. The Bertz CT molecular complexity index is 755. The number of carbonyl (C=O) groups is 1. The molecule has 1 saturated heterocycles. The van der Waals surface area contributed by atoms with Crippen LogP contribution in [0.1, 0.15) is 65.7 Å². The summed E-state index contributed by atoms with van der Waals surface area (Å²) in [7, 11) is 1.33. The Morgan fingerprint density at radius 3 is 2.41 bits per heavy atom. The zero-order chi connectivity index (χ0) is 21.6. The molecule has 1 atom stereocenters. The van der Waals surface area contributed by atoms with E-state index in [0.29, 0.717) is 13.2 Å². The SMILES string of the molecule is CN(CC1OCCc2c(B3OC(C)(C)C(C)(C)O3)cccc21)C(=O)OC(C)(C)C. The molecule has 1 aromatic rings. The molecule has 0 radical (unpaired) electrons. The fourth-order valence-electron chi connectivity index (χ4n) is 3.61. The van der Waals surface area contributed by atoms with Gasteiger partial charge in [-0.25, -0.2) is 4.79 Å². The third kappa shape index (κ3) is 4.62. The average Bonchev–Trinajstić information content (AvgIpc) is 2.80. The van der Waals surface area contributed by atoms with Crippen molar-refractivity contribution in [3.8, 4) is 0 Å². The van der Waals surface area contributed by atoms with Crippen LogP contribution in [-0.2, 0) is 25.2 Å². The lowest BCUT2D eigenvalue weighted by Gasteiger charge is -2.32. The number of likely N-dealkylation sites (N-methyl/N-ethyl adjacent to an activating group) is 1. The van der Waals surface area contributed by atoms with E-state index in [1.807, 2.05) is 26.8 Å². The zero-order valence-electron chi connectivity index (χ0n) is 19.0. The van der Waals surface area contributed by atoms with Crippen LogP contribution in [-0.4, -0.2) is 55.1 Å². The van der Waals surface area contributed by atoms with E-state index in [2.05, 4.69) is 39.8 Å². The van der Waals surface area contributed by atoms with Crippen molar-refractivity contribution in [3.05, 3.63) is 29.3 Å². The first-order chi connectivity index (χ1) is 13.3. The van der Waals surface area contributed by atoms with E-state index in [0.717, 1.165) is 17.4 Å². The van der Waals surface area contributed by atoms with Gasteiger partial charge in [0.05, 0.1) is 24.4 Å². The van der Waals surface area contributed by atoms with Gasteiger partial charge in [-0.3, -0.25) is 0 Å². The predicted octanol–water partition coefficient (Wildman–Crippen LogP) is 3.47. The molecule has 0 bridgehead atoms. The largest absolute Gasteiger partial charge is 0.495 e. The van der Waals surface area contributed by atoms with Gasteiger partial charge < -0.3 is 23.7 Å². The van der Waals surface area contributed by atoms with Gasteiger partial charge in [0.25, 0.3) is 0 Å². The quantitative estimate of drug-likeness (QED) is 0.724. The molecule has 0 aromatic heterocycles. The smallest absolute Gasteiger partial charge is 0.444 e. The Kier molecular flexibility index (Phi) is 5.80. The van der Waals surface area contributed by atoms with Crippen LogP contribution in [0.4, 0.5) is 4.79 Å². The number of nitrogens with zero attached hydrogens (tertiary/aromatic N) is 1. The minimum Gasteiger partial charge on any atom is -0.444 e. The van der Waals surface area contributed by atoms with Crippen LogP contribution < -0.4 is 5.46 Å². The number of amides is 1. The van der Waals surface area contributed by atoms with Crippen LogP contribution in [0.15, 0.2) is 18.2 Å². The minimum absolute atomic E-state index is 0.210. The summed E-state index contributed by atoms with van der Waals surface area (Å²) in [6, 6.07) is 6.14. The van der Waals surface area contributed by atoms with E-state index in [-0.39, 0.29) is 23.4 Å². The summed E-state index contributed by atoms with van der Waals surface area (Å²) in [5, 5.41) is 0. The van der Waals surface area contributed by atoms with E-state index in [1.54, 1.807) is 11.9 Å². The molecule has 160 valence electrons. The van der Waals surface area contributed by atoms with Gasteiger partial charge in [0.1, 0.15) is 11.7 Å². The lowest BCUT2D eigenvalue weighted by molar-refractivity contribution is -0.00156. The van der Waals surface area contributed by atoms with Crippen molar-refractivity contribution in [2.45, 2.75) is 77.8 Å². The Morgan fingerprint density at radius 1 is 1.21 bits per heavy atom. The highest BCUT2D eigenvalue weighted by molar-refractivity contribution is 6.62. The number of rotatable bonds is 3. The van der Waals surface area contributed by atoms with E-state index in [4.69, 9.17) is 18.8 Å². The number of benzene rings is 1. The Morgan fingerprint density at radius 2 is 1.83 bits per heavy atom. The maximum Gasteiger partial charge on any atom is 0.495 e. The van der Waals surface area contributed by atoms with Crippen LogP contribution in [0.5, 0.6) is 0 Å². The van der Waals surface area contributed by atoms with Gasteiger partial charge in [-0.15, -0.1) is 0 Å². The molecule has 2 aliphatic rings. The van der Waals surface area contributed by atoms with Gasteiger partial charge in [-0.2, -0.15) is 0 Å². The molecule has 2 heterocycles. The summed E-state index contributed by atoms with van der Waals surface area (Å²) in [4.78, 5) is 13.9. The van der Waals surface area contributed by atoms with Crippen molar-refractivity contribution < 1.29 is 23.6 Å². The molecule has 29 heavy (non-hydrogen) atoms. The molecular formula is C22H34BNO5. The standard InChI is InChI=1S/C22H34BNO5/c1-20(2,3)27-19(25)24(8)14-18-16-10-9-11-17(15(16)12-13-26-18)23-28-21(4,5)22(6,7)29-23/h9-11,18H,12-14H2,1-8H3. The van der Waals surface area contributed by atoms with Gasteiger partial charge in [0.15, 0.2) is 0 Å². The first-order valence-corrected chi connectivity index (χ1v) is 10.3. The molecule has 0 N–H and O–H groups in total. The van der Waals surface area contributed by atoms with Crippen molar-refractivity contribution in [1.82, 2.24) is 4.90 Å². The van der Waals surface area contributed by atoms with Gasteiger partial charge in [0, 0.05) is 7.05 Å². The molecule has 1 unspecified atom stereocenters. The van der Waals surface area contributed by atoms with Crippen molar-refractivity contribution in [3.63, 3.8) is 0 Å². The number of carbonyl (C=O) groups excluding carboxylic acids is 1. The molecule has 0 spiro atoms. The summed E-state index contributed by atoms with van der Waals surface area (Å²) in [5.41, 5.74) is 2.03. The predicted molar refractivity (Wildman–Crippen MR) is 113 cm³/mol. The second-order valence-electron chi connectivity index (χ2n) is 9.97. The molecule has 6 nitrogen and oxygen atoms in total. The monoisotopic (exact) mass is 403 g/mol. The van der Waals surface area contributed by atoms with Gasteiger partial charge in [-0.1, -0.05) is 18.2 Å². The maximum absolute atomic E-state index is 12.4. The molecule has 7 heteroatoms. The third-order valence-corrected chi connectivity index (χ3v) is 5.92. The summed E-state index contributed by atoms with van der Waals surface area (Å²) < 4.78 is 24.1. The van der Waals surface area contributed by atoms with Crippen LogP contribution >= 0.6 is 0 Å². The third-order valence-electron chi connectivity index (χ3n) is 5.92. The molecule has 0 saturated carbocycles. The number of hydrogen-bond acceptors (Lipinski definition) is 5. The molecular weight excluding hydrogens is 369 g/mol. The Labute approximate surface area is 175 Å². The molecule has 2 aliphatic heterocycles. The van der Waals surface area contributed by atoms with Gasteiger partial charge in [0.2, 0.25) is 0 Å². The van der Waals surface area contributed by atoms with Crippen LogP contribution in [0.3, 0.4) is 0 Å². The van der Waals surface area contributed by atoms with Crippen molar-refractivity contribution in [2.75, 3.05) is 20.2 Å². The second kappa shape index (κ2) is 7.60. The first kappa shape index (κ1) is 22.1. The van der Waals surface area contributed by atoms with Crippen molar-refractivity contribution in [1.29, 1.82) is 0 Å². The van der Waals surface area contributed by atoms with Crippen LogP contribution in [0, 0.1) is 0 Å². The highest BCUT2D eigenvalue weighted by Crippen LogP contribution is 2.37. The normalized spacial score (nSPS) is 22.9. The molecule has 1 fully saturated rings. The lowest BCUT2D eigenvalue weighted by atomic mass is 9.73. The van der Waals surface area contributed by atoms with Crippen molar-refractivity contribution in [2.24, 2.45) is 0 Å². The van der Waals surface area contributed by atoms with E-state index >= 15 is 0 Å². The average molecular weight is 403 g/mol. The van der Waals surface area contributed by atoms with Crippen molar-refractivity contribution >= 4 is 18.7 Å². The second-order valence-corrected chi connectivity index (χ2v) is 9.97. The van der Waals surface area contributed by atoms with E-state index in [9.17, 15) is 4.79 Å². The fourth-order valence-corrected chi connectivity index (χ4v) is 3.61. The highest BCUT2D eigenvalue weighted by Gasteiger charge is 2.52. The topological polar surface area (TPSA) is 57.2 Å². The Balaban J connectivity index is 1.81. The Hall–Kier alpha value is -1.57. The fraction of sp³-hybridized carbons (Fsp3) is 0.682. The van der Waals surface area contributed by atoms with Gasteiger partial charge in [-0.05, 0) is 71.5 Å². The molecule has 1 aromatic carbocycles. The molecule has 1 amide bonds. The zero-order valence-corrected chi connectivity index (χ0v) is 19.0. The summed E-state index contributed by atoms with van der Waals surface area (Å²) in [6.07, 6.45) is 0.233. The number of ether oxygens (including phenoxy) is 2. The van der Waals surface area contributed by atoms with E-state index in [1.165, 1.54) is 5.56 Å². The highest BCUT2D eigenvalue weighted by atomic mass is 16.7. The summed E-state index contributed by atoms with van der Waals surface area (Å²) in [5.74, 6) is 0. The molecule has 3 rings (SSSR count). The maximum atomic E-state index is 12.4. The first-order valence-electron chi connectivity index (χ1n) is 10.3. The van der Waals surface area contributed by atoms with Crippen LogP contribution in [0.25, 0.3) is 0 Å². The van der Waals surface area contributed by atoms with Gasteiger partial charge >= 0.3 is 13.2 Å². The van der Waals surface area contributed by atoms with Crippen LogP contribution in [0.2, 0.25) is 0 Å². The lowest BCUT2D eigenvalue weighted by Crippen LogP contribution is -2.41. The summed E-state index contributed by atoms with van der Waals surface area (Å²) in [6.45, 7) is 14.8.